The number of aromatic carboxylic acids is 1. The Labute approximate surface area is 788 Å². The second kappa shape index (κ2) is 47.6. The minimum Gasteiger partial charge on any atom is -0.478 e. The Morgan fingerprint density at radius 1 is 0.349 bits per heavy atom. The van der Waals surface area contributed by atoms with E-state index in [1.807, 2.05) is 38.3 Å². The highest BCUT2D eigenvalue weighted by Crippen LogP contribution is 2.42. The Balaban J connectivity index is 0.000000222. The molecule has 4 aromatic heterocycles. The number of nitrogens with one attached hydrogen (secondary N) is 3. The van der Waals surface area contributed by atoms with Gasteiger partial charge in [-0.2, -0.15) is 0 Å². The molecule has 0 aliphatic carbocycles. The number of nitrogens with two attached hydrogens (primary N) is 1. The van der Waals surface area contributed by atoms with Crippen LogP contribution in [0.4, 0.5) is 37.6 Å². The Morgan fingerprint density at radius 3 is 0.817 bits per heavy atom. The quantitative estimate of drug-likeness (QED) is 0.0173. The van der Waals surface area contributed by atoms with Crippen LogP contribution in [0.3, 0.4) is 0 Å². The summed E-state index contributed by atoms with van der Waals surface area (Å²) in [4.78, 5) is 97.8. The number of hydrogen-bond acceptors (Lipinski definition) is 16. The van der Waals surface area contributed by atoms with E-state index in [-0.39, 0.29) is 64.8 Å². The first-order valence-corrected chi connectivity index (χ1v) is 44.6. The third-order valence-electron chi connectivity index (χ3n) is 17.1. The fourth-order valence-corrected chi connectivity index (χ4v) is 16.4. The summed E-state index contributed by atoms with van der Waals surface area (Å²) >= 11 is 57.2. The van der Waals surface area contributed by atoms with Crippen molar-refractivity contribution in [3.05, 3.63) is 300 Å². The molecule has 0 fully saturated rings. The number of hydrogen-bond donors (Lipinski definition) is 5. The van der Waals surface area contributed by atoms with Gasteiger partial charge in [0.1, 0.15) is 59.1 Å². The summed E-state index contributed by atoms with van der Waals surface area (Å²) in [5, 5.41) is 27.8. The number of carbonyl (C=O) groups excluding carboxylic acids is 7. The molecule has 8 aromatic carbocycles. The molecule has 664 valence electrons. The molecule has 4 atom stereocenters. The number of halogens is 13. The van der Waals surface area contributed by atoms with E-state index in [0.717, 1.165) is 56.3 Å². The summed E-state index contributed by atoms with van der Waals surface area (Å²) in [7, 11) is 0. The highest BCUT2D eigenvalue weighted by molar-refractivity contribution is 7.16. The molecule has 6 N–H and O–H groups in total. The van der Waals surface area contributed by atoms with Gasteiger partial charge < -0.3 is 41.0 Å². The highest BCUT2D eigenvalue weighted by Gasteiger charge is 2.33. The fourth-order valence-electron chi connectivity index (χ4n) is 11.3. The predicted molar refractivity (Wildman–Crippen MR) is 510 cm³/mol. The Bertz CT molecular complexity index is 5600. The van der Waals surface area contributed by atoms with Crippen LogP contribution in [0.2, 0.25) is 40.2 Å². The largest absolute Gasteiger partial charge is 0.478 e. The van der Waals surface area contributed by atoms with Gasteiger partial charge in [0.15, 0.2) is 24.7 Å². The maximum atomic E-state index is 14.7. The maximum Gasteiger partial charge on any atom is 0.342 e. The number of carboxylic acids is 1. The van der Waals surface area contributed by atoms with E-state index in [9.17, 15) is 61.0 Å². The van der Waals surface area contributed by atoms with Gasteiger partial charge in [-0.1, -0.05) is 222 Å². The summed E-state index contributed by atoms with van der Waals surface area (Å²) in [6, 6.07) is 54.7. The zero-order chi connectivity index (χ0) is 91.9. The Kier molecular flexibility index (Phi) is 39.2. The van der Waals surface area contributed by atoms with Crippen molar-refractivity contribution in [3.63, 3.8) is 0 Å². The Morgan fingerprint density at radius 2 is 0.571 bits per heavy atom. The number of carboxylic acid groups (broad SMARTS) is 1. The number of thiophene rings is 4. The smallest absolute Gasteiger partial charge is 0.342 e. The molecule has 12 rings (SSSR count). The average molecular weight is 1970 g/mol. The molecular weight excluding hydrogens is 1890 g/mol. The van der Waals surface area contributed by atoms with Crippen LogP contribution in [0.25, 0.3) is 44.5 Å². The lowest BCUT2D eigenvalue weighted by molar-refractivity contribution is -0.121. The van der Waals surface area contributed by atoms with Crippen molar-refractivity contribution in [1.29, 1.82) is 0 Å². The zero-order valence-corrected chi connectivity index (χ0v) is 78.1. The molecular formula is C93H85Cl9F4N4O12S4. The number of anilines is 4. The van der Waals surface area contributed by atoms with E-state index in [1.54, 1.807) is 240 Å². The van der Waals surface area contributed by atoms with Crippen LogP contribution in [0, 0.1) is 0 Å². The maximum absolute atomic E-state index is 14.7. The molecule has 4 unspecified atom stereocenters. The van der Waals surface area contributed by atoms with Crippen molar-refractivity contribution in [2.75, 3.05) is 21.7 Å². The molecule has 33 heteroatoms. The molecule has 4 heterocycles. The van der Waals surface area contributed by atoms with Gasteiger partial charge in [-0.25, -0.2) is 36.7 Å². The van der Waals surface area contributed by atoms with E-state index < -0.39 is 88.3 Å². The van der Waals surface area contributed by atoms with Gasteiger partial charge >= 0.3 is 23.9 Å². The number of esters is 3. The van der Waals surface area contributed by atoms with Crippen LogP contribution >= 0.6 is 150 Å². The van der Waals surface area contributed by atoms with Gasteiger partial charge in [0.2, 0.25) is 0 Å². The number of alkyl halides is 4. The molecule has 0 saturated carbocycles. The molecule has 16 nitrogen and oxygen atoms in total. The fraction of sp³-hybridized carbons (Fsp3) is 0.226. The first-order chi connectivity index (χ1) is 58.8. The summed E-state index contributed by atoms with van der Waals surface area (Å²) < 4.78 is 73.2. The molecule has 0 radical (unpaired) electrons. The minimum atomic E-state index is -1.87. The normalized spacial score (nSPS) is 12.0. The van der Waals surface area contributed by atoms with Crippen LogP contribution in [0.15, 0.2) is 216 Å². The standard InChI is InChI=1S/2C24H22Cl2FNO3S.C20H14Cl2FNO3S.C15H16ClNO2S.C9H7Cl2FO.CH4/c2*1-24(2,3)31-23(30)20-17(14-8-10-16(25)11-9-14)13-32-22(20)28-21(29)19(27)12-15-6-4-5-7-18(15)26;21-13-7-5-11(6-8-13)14-10-28-19(17(14)20(26)27)24-18(25)16(23)9-12-3-1-2-4-15(12)22;1-15(2,3)19-14(18)12-11(8-20-13(12)17)9-4-6-10(16)7-5-9;10-7-4-2-1-3-6(7)5-8(12)9(11)13;/h2*4-11,13,19H,12H2,1-3H3,(H,28,29);1-8,10,16H,9H2,(H,24,25)(H,26,27);4-8H,17H2,1-3H3;1-4,8H,5H2;1H4. The van der Waals surface area contributed by atoms with E-state index in [1.165, 1.54) is 11.3 Å². The number of benzene rings is 8. The molecule has 0 saturated heterocycles. The third-order valence-corrected chi connectivity index (χ3v) is 23.3. The lowest BCUT2D eigenvalue weighted by Crippen LogP contribution is -2.28. The van der Waals surface area contributed by atoms with E-state index in [0.29, 0.717) is 95.3 Å². The monoisotopic (exact) mass is 1970 g/mol. The number of carbonyl (C=O) groups is 8. The second-order valence-electron chi connectivity index (χ2n) is 30.1. The second-order valence-corrected chi connectivity index (χ2v) is 37.4. The molecule has 3 amide bonds. The topological polar surface area (TPSA) is 247 Å². The van der Waals surface area contributed by atoms with Gasteiger partial charge in [0.05, 0.1) is 0 Å². The summed E-state index contributed by atoms with van der Waals surface area (Å²) in [6.45, 7) is 16.0. The Hall–Kier alpha value is -9.35. The minimum absolute atomic E-state index is 0. The molecule has 0 aliphatic heterocycles. The van der Waals surface area contributed by atoms with Crippen LogP contribution in [-0.4, -0.2) is 93.4 Å². The van der Waals surface area contributed by atoms with Gasteiger partial charge in [-0.15, -0.1) is 45.3 Å². The van der Waals surface area contributed by atoms with Crippen molar-refractivity contribution in [3.8, 4) is 44.5 Å². The number of amides is 3. The third kappa shape index (κ3) is 31.3. The zero-order valence-electron chi connectivity index (χ0n) is 68.0. The van der Waals surface area contributed by atoms with Crippen molar-refractivity contribution in [2.45, 2.75) is 137 Å². The first kappa shape index (κ1) is 104. The van der Waals surface area contributed by atoms with Gasteiger partial charge in [-0.3, -0.25) is 19.2 Å². The average Bonchev–Trinajstić information content (AvgIpc) is 1.69. The van der Waals surface area contributed by atoms with Crippen LogP contribution < -0.4 is 21.7 Å². The molecule has 12 aromatic rings. The number of rotatable bonds is 23. The molecule has 0 bridgehead atoms. The van der Waals surface area contributed by atoms with Crippen molar-refractivity contribution in [2.24, 2.45) is 0 Å². The van der Waals surface area contributed by atoms with Gasteiger partial charge in [0, 0.05) is 110 Å². The first-order valence-electron chi connectivity index (χ1n) is 37.7. The highest BCUT2D eigenvalue weighted by atomic mass is 35.5. The van der Waals surface area contributed by atoms with Crippen molar-refractivity contribution in [1.82, 2.24) is 0 Å². The SMILES string of the molecule is C.CC(C)(C)OC(=O)c1c(-c2ccc(Cl)cc2)csc1N.CC(C)(C)OC(=O)c1c(-c2ccc(Cl)cc2)csc1NC(=O)C(F)Cc1ccccc1Cl.CC(C)(C)OC(=O)c1c(-c2ccc(Cl)cc2)csc1NC(=O)C(F)Cc1ccccc1Cl.O=C(Cl)C(F)Cc1ccccc1Cl.O=C(O)c1c(-c2ccc(Cl)cc2)csc1NC(=O)C(F)Cc1ccccc1Cl. The van der Waals surface area contributed by atoms with E-state index in [2.05, 4.69) is 16.0 Å². The van der Waals surface area contributed by atoms with Crippen molar-refractivity contribution >= 4 is 217 Å². The van der Waals surface area contributed by atoms with Crippen molar-refractivity contribution < 1.29 is 75.2 Å². The molecule has 0 spiro atoms. The molecule has 126 heavy (non-hydrogen) atoms. The van der Waals surface area contributed by atoms with Gasteiger partial charge in [0.25, 0.3) is 23.0 Å². The van der Waals surface area contributed by atoms with Crippen LogP contribution in [-0.2, 0) is 59.1 Å². The van der Waals surface area contributed by atoms with Crippen LogP contribution in [0.1, 0.15) is 133 Å². The summed E-state index contributed by atoms with van der Waals surface area (Å²) in [6.07, 6.45) is -7.87. The van der Waals surface area contributed by atoms with E-state index in [4.69, 9.17) is 124 Å². The lowest BCUT2D eigenvalue weighted by Gasteiger charge is -2.20. The lowest BCUT2D eigenvalue weighted by atomic mass is 10.0. The van der Waals surface area contributed by atoms with E-state index >= 15 is 0 Å². The number of nitrogen functional groups attached to an aromatic ring is 1. The molecule has 0 aliphatic rings. The summed E-state index contributed by atoms with van der Waals surface area (Å²) in [5.74, 6) is -5.49. The van der Waals surface area contributed by atoms with Gasteiger partial charge in [-0.05, 0) is 191 Å². The predicted octanol–water partition coefficient (Wildman–Crippen LogP) is 28.6. The van der Waals surface area contributed by atoms with Crippen LogP contribution in [0.5, 0.6) is 0 Å². The summed E-state index contributed by atoms with van der Waals surface area (Å²) in [5.41, 5.74) is 12.0. The number of ether oxygens (including phenoxy) is 3.